The fourth-order valence-corrected chi connectivity index (χ4v) is 2.44. The molecule has 1 aliphatic rings. The van der Waals surface area contributed by atoms with Crippen LogP contribution < -0.4 is 10.6 Å². The van der Waals surface area contributed by atoms with Crippen LogP contribution in [0, 0.1) is 0 Å². The van der Waals surface area contributed by atoms with Gasteiger partial charge >= 0.3 is 0 Å². The van der Waals surface area contributed by atoms with Crippen molar-refractivity contribution in [1.29, 1.82) is 0 Å². The number of amides is 1. The smallest absolute Gasteiger partial charge is 0.230 e. The van der Waals surface area contributed by atoms with Crippen molar-refractivity contribution in [2.75, 3.05) is 12.3 Å². The number of carbonyl (C=O) groups is 1. The topological polar surface area (TPSA) is 84.7 Å². The molecule has 118 valence electrons. The minimum Gasteiger partial charge on any atom is -0.351 e. The lowest BCUT2D eigenvalue weighted by Gasteiger charge is -2.24. The second-order valence-electron chi connectivity index (χ2n) is 5.99. The first-order valence-corrected chi connectivity index (χ1v) is 8.42. The van der Waals surface area contributed by atoms with E-state index in [1.807, 2.05) is 13.8 Å². The summed E-state index contributed by atoms with van der Waals surface area (Å²) in [4.78, 5) is 11.9. The summed E-state index contributed by atoms with van der Waals surface area (Å²) in [5.74, 6) is 0.345. The number of hydrogen-bond donors (Lipinski definition) is 2. The molecule has 0 spiro atoms. The minimum absolute atomic E-state index is 0.0116. The molecular weight excluding hydrogens is 288 g/mol. The number of aromatic nitrogens is 4. The van der Waals surface area contributed by atoms with Crippen molar-refractivity contribution < 1.29 is 4.79 Å². The lowest BCUT2D eigenvalue weighted by atomic mass is 10.0. The standard InChI is InChI=1S/C13H24N6OS/c1-4-13(2,3)15-11(20)9-21-12-16-17-18-19(12)8-7-14-10-5-6-10/h10,14H,4-9H2,1-3H3,(H,15,20). The fourth-order valence-electron chi connectivity index (χ4n) is 1.73. The highest BCUT2D eigenvalue weighted by Gasteiger charge is 2.21. The van der Waals surface area contributed by atoms with Gasteiger partial charge < -0.3 is 10.6 Å². The van der Waals surface area contributed by atoms with E-state index in [1.165, 1.54) is 24.6 Å². The zero-order chi connectivity index (χ0) is 15.3. The summed E-state index contributed by atoms with van der Waals surface area (Å²) in [6, 6.07) is 0.680. The van der Waals surface area contributed by atoms with E-state index in [2.05, 4.69) is 33.1 Å². The van der Waals surface area contributed by atoms with E-state index in [9.17, 15) is 4.79 Å². The van der Waals surface area contributed by atoms with Gasteiger partial charge in [-0.1, -0.05) is 18.7 Å². The molecule has 21 heavy (non-hydrogen) atoms. The largest absolute Gasteiger partial charge is 0.351 e. The molecule has 0 saturated heterocycles. The van der Waals surface area contributed by atoms with Gasteiger partial charge in [-0.15, -0.1) is 5.10 Å². The van der Waals surface area contributed by atoms with Gasteiger partial charge in [-0.2, -0.15) is 0 Å². The molecule has 0 atom stereocenters. The molecule has 8 heteroatoms. The van der Waals surface area contributed by atoms with E-state index in [-0.39, 0.29) is 11.4 Å². The number of tetrazole rings is 1. The van der Waals surface area contributed by atoms with Crippen LogP contribution in [-0.4, -0.2) is 50.0 Å². The zero-order valence-corrected chi connectivity index (χ0v) is 13.7. The third kappa shape index (κ3) is 5.62. The van der Waals surface area contributed by atoms with Crippen LogP contribution in [0.1, 0.15) is 40.0 Å². The van der Waals surface area contributed by atoms with Gasteiger partial charge in [0.1, 0.15) is 0 Å². The van der Waals surface area contributed by atoms with E-state index in [0.29, 0.717) is 17.0 Å². The molecule has 1 fully saturated rings. The van der Waals surface area contributed by atoms with Gasteiger partial charge in [-0.3, -0.25) is 4.79 Å². The highest BCUT2D eigenvalue weighted by atomic mass is 32.2. The molecule has 0 bridgehead atoms. The molecule has 1 aromatic heterocycles. The van der Waals surface area contributed by atoms with Crippen molar-refractivity contribution >= 4 is 17.7 Å². The van der Waals surface area contributed by atoms with Crippen LogP contribution in [0.4, 0.5) is 0 Å². The van der Waals surface area contributed by atoms with Crippen LogP contribution in [0.5, 0.6) is 0 Å². The maximum atomic E-state index is 11.9. The van der Waals surface area contributed by atoms with E-state index in [4.69, 9.17) is 0 Å². The van der Waals surface area contributed by atoms with Gasteiger partial charge in [-0.25, -0.2) is 4.68 Å². The number of carbonyl (C=O) groups excluding carboxylic acids is 1. The molecule has 1 heterocycles. The first-order chi connectivity index (χ1) is 10.00. The molecule has 1 saturated carbocycles. The monoisotopic (exact) mass is 312 g/mol. The molecular formula is C13H24N6OS. The molecule has 2 rings (SSSR count). The number of hydrogen-bond acceptors (Lipinski definition) is 6. The third-order valence-electron chi connectivity index (χ3n) is 3.53. The van der Waals surface area contributed by atoms with E-state index >= 15 is 0 Å². The van der Waals surface area contributed by atoms with Crippen LogP contribution in [-0.2, 0) is 11.3 Å². The molecule has 0 aromatic carbocycles. The first-order valence-electron chi connectivity index (χ1n) is 7.43. The summed E-state index contributed by atoms with van der Waals surface area (Å²) in [7, 11) is 0. The van der Waals surface area contributed by atoms with Crippen molar-refractivity contribution in [3.05, 3.63) is 0 Å². The van der Waals surface area contributed by atoms with Crippen molar-refractivity contribution in [3.63, 3.8) is 0 Å². The van der Waals surface area contributed by atoms with Crippen LogP contribution in [0.3, 0.4) is 0 Å². The summed E-state index contributed by atoms with van der Waals surface area (Å²) >= 11 is 1.37. The third-order valence-corrected chi connectivity index (χ3v) is 4.48. The summed E-state index contributed by atoms with van der Waals surface area (Å²) in [6.45, 7) is 7.68. The van der Waals surface area contributed by atoms with Crippen molar-refractivity contribution in [2.24, 2.45) is 0 Å². The van der Waals surface area contributed by atoms with Crippen LogP contribution in [0.15, 0.2) is 5.16 Å². The Morgan fingerprint density at radius 3 is 2.90 bits per heavy atom. The summed E-state index contributed by atoms with van der Waals surface area (Å²) in [5.41, 5.74) is -0.169. The molecule has 1 aliphatic carbocycles. The Kier molecular flexibility index (Phi) is 5.58. The van der Waals surface area contributed by atoms with Gasteiger partial charge in [0.2, 0.25) is 11.1 Å². The minimum atomic E-state index is -0.169. The quantitative estimate of drug-likeness (QED) is 0.657. The molecule has 0 unspecified atom stereocenters. The highest BCUT2D eigenvalue weighted by Crippen LogP contribution is 2.18. The Balaban J connectivity index is 1.74. The number of nitrogens with one attached hydrogen (secondary N) is 2. The average Bonchev–Trinajstić information content (AvgIpc) is 3.14. The second-order valence-corrected chi connectivity index (χ2v) is 6.93. The van der Waals surface area contributed by atoms with Crippen LogP contribution in [0.25, 0.3) is 0 Å². The Morgan fingerprint density at radius 2 is 2.24 bits per heavy atom. The van der Waals surface area contributed by atoms with Crippen LogP contribution in [0.2, 0.25) is 0 Å². The Morgan fingerprint density at radius 1 is 1.48 bits per heavy atom. The predicted molar refractivity (Wildman–Crippen MR) is 82.1 cm³/mol. The van der Waals surface area contributed by atoms with Crippen molar-refractivity contribution in [3.8, 4) is 0 Å². The molecule has 1 aromatic rings. The Labute approximate surface area is 129 Å². The van der Waals surface area contributed by atoms with Crippen molar-refractivity contribution in [2.45, 2.75) is 63.3 Å². The lowest BCUT2D eigenvalue weighted by molar-refractivity contribution is -0.120. The summed E-state index contributed by atoms with van der Waals surface area (Å²) in [6.07, 6.45) is 3.43. The predicted octanol–water partition coefficient (Wildman–Crippen LogP) is 0.822. The van der Waals surface area contributed by atoms with E-state index in [1.54, 1.807) is 4.68 Å². The Bertz CT molecular complexity index is 471. The van der Waals surface area contributed by atoms with Crippen molar-refractivity contribution in [1.82, 2.24) is 30.8 Å². The van der Waals surface area contributed by atoms with Gasteiger partial charge in [0, 0.05) is 18.1 Å². The highest BCUT2D eigenvalue weighted by molar-refractivity contribution is 7.99. The maximum absolute atomic E-state index is 11.9. The number of rotatable bonds is 9. The fraction of sp³-hybridized carbons (Fsp3) is 0.846. The van der Waals surface area contributed by atoms with Gasteiger partial charge in [-0.05, 0) is 43.5 Å². The van der Waals surface area contributed by atoms with E-state index < -0.39 is 0 Å². The molecule has 0 aliphatic heterocycles. The SMILES string of the molecule is CCC(C)(C)NC(=O)CSc1nnnn1CCNC1CC1. The molecule has 7 nitrogen and oxygen atoms in total. The summed E-state index contributed by atoms with van der Waals surface area (Å²) in [5, 5.41) is 18.7. The van der Waals surface area contributed by atoms with E-state index in [0.717, 1.165) is 19.5 Å². The van der Waals surface area contributed by atoms with Crippen LogP contribution >= 0.6 is 11.8 Å². The maximum Gasteiger partial charge on any atom is 0.230 e. The van der Waals surface area contributed by atoms with Gasteiger partial charge in [0.05, 0.1) is 12.3 Å². The van der Waals surface area contributed by atoms with Gasteiger partial charge in [0.15, 0.2) is 0 Å². The second kappa shape index (κ2) is 7.22. The average molecular weight is 312 g/mol. The molecule has 2 N–H and O–H groups in total. The van der Waals surface area contributed by atoms with Gasteiger partial charge in [0.25, 0.3) is 0 Å². The Hall–Kier alpha value is -1.15. The zero-order valence-electron chi connectivity index (χ0n) is 12.9. The lowest BCUT2D eigenvalue weighted by Crippen LogP contribution is -2.43. The molecule has 0 radical (unpaired) electrons. The number of thioether (sulfide) groups is 1. The normalized spacial score (nSPS) is 15.2. The summed E-state index contributed by atoms with van der Waals surface area (Å²) < 4.78 is 1.75. The molecule has 1 amide bonds. The first kappa shape index (κ1) is 16.2. The number of nitrogens with zero attached hydrogens (tertiary/aromatic N) is 4.